The lowest BCUT2D eigenvalue weighted by Crippen LogP contribution is -2.43. The van der Waals surface area contributed by atoms with Crippen molar-refractivity contribution < 1.29 is 27.8 Å². The Kier molecular flexibility index (Phi) is 17.9. The summed E-state index contributed by atoms with van der Waals surface area (Å²) in [6.07, 6.45) is 5.45. The van der Waals surface area contributed by atoms with E-state index in [1.54, 1.807) is 36.4 Å². The summed E-state index contributed by atoms with van der Waals surface area (Å²) in [5.41, 5.74) is 2.87. The summed E-state index contributed by atoms with van der Waals surface area (Å²) in [7, 11) is 0. The zero-order valence-corrected chi connectivity index (χ0v) is 38.1. The molecule has 4 heterocycles. The average molecular weight is 936 g/mol. The highest BCUT2D eigenvalue weighted by molar-refractivity contribution is 6.30. The third kappa shape index (κ3) is 14.5. The van der Waals surface area contributed by atoms with Crippen LogP contribution >= 0.6 is 23.2 Å². The first kappa shape index (κ1) is 48.0. The maximum absolute atomic E-state index is 13.4. The second-order valence-electron chi connectivity index (χ2n) is 16.3. The molecule has 4 aromatic carbocycles. The van der Waals surface area contributed by atoms with Gasteiger partial charge >= 0.3 is 0 Å². The SMILES string of the molecule is O=C(NC(c1ccc(Cl)cc1)c1ccc(F)cn1)C1CCN(CCOc2ccccc2)CC1.O=C(NC(c1ccc(Cl)cc1)c1ccc(F)cn1)C1CCN(CCOc2ccccc2)CC1. The van der Waals surface area contributed by atoms with E-state index in [1.165, 1.54) is 24.5 Å². The number of nitrogens with one attached hydrogen (secondary N) is 2. The molecule has 8 rings (SSSR count). The van der Waals surface area contributed by atoms with Gasteiger partial charge in [-0.1, -0.05) is 83.9 Å². The summed E-state index contributed by atoms with van der Waals surface area (Å²) >= 11 is 12.1. The van der Waals surface area contributed by atoms with E-state index in [0.717, 1.165) is 87.6 Å². The Labute approximate surface area is 395 Å². The van der Waals surface area contributed by atoms with Crippen LogP contribution in [0.15, 0.2) is 146 Å². The zero-order chi connectivity index (χ0) is 46.1. The summed E-state index contributed by atoms with van der Waals surface area (Å²) in [6.45, 7) is 6.28. The number of halogens is 4. The molecular weight excluding hydrogens is 882 g/mol. The highest BCUT2D eigenvalue weighted by atomic mass is 35.5. The van der Waals surface area contributed by atoms with E-state index < -0.39 is 23.7 Å². The van der Waals surface area contributed by atoms with Gasteiger partial charge in [0.2, 0.25) is 11.8 Å². The molecule has 2 atom stereocenters. The van der Waals surface area contributed by atoms with Crippen molar-refractivity contribution in [2.75, 3.05) is 52.5 Å². The van der Waals surface area contributed by atoms with E-state index in [4.69, 9.17) is 32.7 Å². The van der Waals surface area contributed by atoms with E-state index in [0.29, 0.717) is 34.6 Å². The van der Waals surface area contributed by atoms with Crippen molar-refractivity contribution in [1.29, 1.82) is 0 Å². The fourth-order valence-corrected chi connectivity index (χ4v) is 8.31. The number of pyridine rings is 2. The highest BCUT2D eigenvalue weighted by Gasteiger charge is 2.29. The van der Waals surface area contributed by atoms with Crippen LogP contribution in [0.1, 0.15) is 60.3 Å². The van der Waals surface area contributed by atoms with Gasteiger partial charge in [0.15, 0.2) is 0 Å². The van der Waals surface area contributed by atoms with Crippen LogP contribution in [0.25, 0.3) is 0 Å². The smallest absolute Gasteiger partial charge is 0.224 e. The van der Waals surface area contributed by atoms with Gasteiger partial charge in [-0.3, -0.25) is 29.4 Å². The molecule has 0 radical (unpaired) electrons. The van der Waals surface area contributed by atoms with E-state index in [1.807, 2.05) is 84.9 Å². The zero-order valence-electron chi connectivity index (χ0n) is 36.6. The fourth-order valence-electron chi connectivity index (χ4n) is 8.06. The first-order valence-corrected chi connectivity index (χ1v) is 23.1. The lowest BCUT2D eigenvalue weighted by atomic mass is 9.94. The number of hydrogen-bond acceptors (Lipinski definition) is 8. The Morgan fingerprint density at radius 2 is 0.909 bits per heavy atom. The predicted octanol–water partition coefficient (Wildman–Crippen LogP) is 9.74. The van der Waals surface area contributed by atoms with Crippen LogP contribution in [0.3, 0.4) is 0 Å². The predicted molar refractivity (Wildman–Crippen MR) is 253 cm³/mol. The molecule has 10 nitrogen and oxygen atoms in total. The largest absolute Gasteiger partial charge is 0.492 e. The Morgan fingerprint density at radius 1 is 0.545 bits per heavy atom. The van der Waals surface area contributed by atoms with E-state index >= 15 is 0 Å². The van der Waals surface area contributed by atoms with Crippen LogP contribution in [0.5, 0.6) is 11.5 Å². The van der Waals surface area contributed by atoms with E-state index in [9.17, 15) is 18.4 Å². The van der Waals surface area contributed by atoms with Gasteiger partial charge in [0.05, 0.1) is 35.9 Å². The molecule has 0 aliphatic carbocycles. The molecule has 2 aliphatic rings. The van der Waals surface area contributed by atoms with E-state index in [-0.39, 0.29) is 23.7 Å². The van der Waals surface area contributed by atoms with Gasteiger partial charge in [-0.25, -0.2) is 8.78 Å². The van der Waals surface area contributed by atoms with Gasteiger partial charge < -0.3 is 20.1 Å². The topological polar surface area (TPSA) is 109 Å². The number of hydrogen-bond donors (Lipinski definition) is 2. The van der Waals surface area contributed by atoms with Crippen LogP contribution in [0.2, 0.25) is 10.0 Å². The lowest BCUT2D eigenvalue weighted by molar-refractivity contribution is -0.127. The summed E-state index contributed by atoms with van der Waals surface area (Å²) in [4.78, 5) is 39.3. The number of benzene rings is 4. The maximum atomic E-state index is 13.4. The fraction of sp³-hybridized carbons (Fsp3) is 0.308. The molecule has 14 heteroatoms. The second kappa shape index (κ2) is 24.6. The van der Waals surface area contributed by atoms with E-state index in [2.05, 4.69) is 30.4 Å². The molecule has 2 N–H and O–H groups in total. The van der Waals surface area contributed by atoms with Crippen molar-refractivity contribution >= 4 is 35.0 Å². The number of piperidine rings is 2. The molecule has 6 aromatic rings. The van der Waals surface area contributed by atoms with Gasteiger partial charge in [-0.15, -0.1) is 0 Å². The Bertz CT molecular complexity index is 2130. The number of likely N-dealkylation sites (tertiary alicyclic amines) is 2. The standard InChI is InChI=1S/2C26H27ClFN3O2/c2*27-21-8-6-19(7-9-21)25(24-11-10-22(28)18-29-24)30-26(32)20-12-14-31(15-13-20)16-17-33-23-4-2-1-3-5-23/h2*1-11,18,20,25H,12-17H2,(H,30,32). The molecule has 2 aromatic heterocycles. The quantitative estimate of drug-likeness (QED) is 0.0989. The molecule has 2 saturated heterocycles. The first-order valence-electron chi connectivity index (χ1n) is 22.3. The number of aromatic nitrogens is 2. The summed E-state index contributed by atoms with van der Waals surface area (Å²) in [5.74, 6) is 0.733. The minimum absolute atomic E-state index is 0.0127. The third-order valence-electron chi connectivity index (χ3n) is 11.8. The van der Waals surface area contributed by atoms with Crippen LogP contribution in [-0.4, -0.2) is 84.1 Å². The molecular formula is C52H54Cl2F2N6O4. The van der Waals surface area contributed by atoms with Gasteiger partial charge in [0.1, 0.15) is 36.3 Å². The van der Waals surface area contributed by atoms with Crippen molar-refractivity contribution in [1.82, 2.24) is 30.4 Å². The molecule has 2 amide bonds. The van der Waals surface area contributed by atoms with Crippen molar-refractivity contribution in [3.63, 3.8) is 0 Å². The summed E-state index contributed by atoms with van der Waals surface area (Å²) < 4.78 is 38.4. The molecule has 0 saturated carbocycles. The lowest BCUT2D eigenvalue weighted by Gasteiger charge is -2.32. The normalized spacial score (nSPS) is 15.7. The third-order valence-corrected chi connectivity index (χ3v) is 12.3. The molecule has 2 aliphatic heterocycles. The van der Waals surface area contributed by atoms with Crippen LogP contribution < -0.4 is 20.1 Å². The molecule has 2 unspecified atom stereocenters. The number of carbonyl (C=O) groups excluding carboxylic acids is 2. The highest BCUT2D eigenvalue weighted by Crippen LogP contribution is 2.27. The Balaban J connectivity index is 0.000000196. The van der Waals surface area contributed by atoms with Gasteiger partial charge in [0.25, 0.3) is 0 Å². The number of nitrogens with zero attached hydrogens (tertiary/aromatic N) is 4. The van der Waals surface area contributed by atoms with Gasteiger partial charge in [-0.2, -0.15) is 0 Å². The number of carbonyl (C=O) groups is 2. The molecule has 66 heavy (non-hydrogen) atoms. The molecule has 2 fully saturated rings. The Hall–Kier alpha value is -5.92. The first-order chi connectivity index (χ1) is 32.2. The monoisotopic (exact) mass is 934 g/mol. The summed E-state index contributed by atoms with van der Waals surface area (Å²) in [6, 6.07) is 39.0. The average Bonchev–Trinajstić information content (AvgIpc) is 3.35. The van der Waals surface area contributed by atoms with Crippen molar-refractivity contribution in [2.45, 2.75) is 37.8 Å². The van der Waals surface area contributed by atoms with Crippen LogP contribution in [0, 0.1) is 23.5 Å². The second-order valence-corrected chi connectivity index (χ2v) is 17.2. The number of para-hydroxylation sites is 2. The summed E-state index contributed by atoms with van der Waals surface area (Å²) in [5, 5.41) is 7.48. The Morgan fingerprint density at radius 3 is 1.24 bits per heavy atom. The van der Waals surface area contributed by atoms with Gasteiger partial charge in [0, 0.05) is 35.0 Å². The minimum atomic E-state index is -0.465. The number of amides is 2. The molecule has 0 bridgehead atoms. The minimum Gasteiger partial charge on any atom is -0.492 e. The van der Waals surface area contributed by atoms with Crippen molar-refractivity contribution in [2.24, 2.45) is 11.8 Å². The van der Waals surface area contributed by atoms with Crippen molar-refractivity contribution in [3.05, 3.63) is 190 Å². The molecule has 0 spiro atoms. The maximum Gasteiger partial charge on any atom is 0.224 e. The number of ether oxygens (including phenoxy) is 2. The molecule has 344 valence electrons. The van der Waals surface area contributed by atoms with Crippen LogP contribution in [0.4, 0.5) is 8.78 Å². The number of rotatable bonds is 16. The van der Waals surface area contributed by atoms with Gasteiger partial charge in [-0.05, 0) is 136 Å². The van der Waals surface area contributed by atoms with Crippen molar-refractivity contribution in [3.8, 4) is 11.5 Å². The van der Waals surface area contributed by atoms with Crippen LogP contribution in [-0.2, 0) is 9.59 Å².